The summed E-state index contributed by atoms with van der Waals surface area (Å²) in [5.41, 5.74) is 5.14. The molecule has 1 fully saturated rings. The summed E-state index contributed by atoms with van der Waals surface area (Å²) in [5.74, 6) is -0.555. The highest BCUT2D eigenvalue weighted by molar-refractivity contribution is 7.80. The predicted octanol–water partition coefficient (Wildman–Crippen LogP) is 2.02. The number of nitrogens with two attached hydrogens (primary N) is 1. The van der Waals surface area contributed by atoms with Gasteiger partial charge in [-0.25, -0.2) is 0 Å². The lowest BCUT2D eigenvalue weighted by molar-refractivity contribution is -0.151. The van der Waals surface area contributed by atoms with Crippen LogP contribution in [0.4, 0.5) is 0 Å². The monoisotopic (exact) mass is 314 g/mol. The van der Waals surface area contributed by atoms with Crippen molar-refractivity contribution in [3.8, 4) is 0 Å². The average Bonchev–Trinajstić information content (AvgIpc) is 2.70. The first-order valence-corrected chi connectivity index (χ1v) is 7.94. The first kappa shape index (κ1) is 17.9. The molecule has 0 aromatic rings. The largest absolute Gasteiger partial charge is 0.468 e. The number of amides is 1. The molecule has 0 radical (unpaired) electrons. The minimum absolute atomic E-state index is 0.0582. The fraction of sp³-hybridized carbons (Fsp3) is 0.800. The van der Waals surface area contributed by atoms with Gasteiger partial charge >= 0.3 is 5.97 Å². The second kappa shape index (κ2) is 7.73. The van der Waals surface area contributed by atoms with Gasteiger partial charge in [0.25, 0.3) is 0 Å². The molecule has 1 amide bonds. The van der Waals surface area contributed by atoms with Crippen LogP contribution in [-0.4, -0.2) is 41.5 Å². The summed E-state index contributed by atoms with van der Waals surface area (Å²) in [6.45, 7) is 3.70. The van der Waals surface area contributed by atoms with Gasteiger partial charge in [-0.2, -0.15) is 0 Å². The van der Waals surface area contributed by atoms with Gasteiger partial charge in [0.05, 0.1) is 17.5 Å². The first-order chi connectivity index (χ1) is 9.85. The van der Waals surface area contributed by atoms with Crippen LogP contribution in [0.1, 0.15) is 52.4 Å². The molecule has 1 aliphatic carbocycles. The molecule has 6 heteroatoms. The van der Waals surface area contributed by atoms with Gasteiger partial charge in [0.1, 0.15) is 6.54 Å². The number of thiocarbonyl (C=S) groups is 1. The second-order valence-corrected chi connectivity index (χ2v) is 6.40. The van der Waals surface area contributed by atoms with Gasteiger partial charge in [-0.05, 0) is 26.7 Å². The molecule has 0 aromatic heterocycles. The fourth-order valence-electron chi connectivity index (χ4n) is 2.87. The molecule has 0 bridgehead atoms. The van der Waals surface area contributed by atoms with Crippen molar-refractivity contribution < 1.29 is 14.3 Å². The molecule has 2 N–H and O–H groups in total. The number of ether oxygens (including phenoxy) is 1. The van der Waals surface area contributed by atoms with Crippen LogP contribution in [0.2, 0.25) is 0 Å². The quantitative estimate of drug-likeness (QED) is 0.477. The maximum absolute atomic E-state index is 13.1. The van der Waals surface area contributed by atoms with E-state index < -0.39 is 11.4 Å². The molecule has 120 valence electrons. The van der Waals surface area contributed by atoms with Crippen molar-refractivity contribution in [3.63, 3.8) is 0 Å². The zero-order valence-electron chi connectivity index (χ0n) is 13.2. The van der Waals surface area contributed by atoms with E-state index in [1.54, 1.807) is 0 Å². The molecule has 1 rings (SSSR count). The Hall–Kier alpha value is -1.17. The van der Waals surface area contributed by atoms with Gasteiger partial charge in [0.15, 0.2) is 0 Å². The molecular formula is C15H26N2O3S. The normalized spacial score (nSPS) is 17.9. The van der Waals surface area contributed by atoms with E-state index in [-0.39, 0.29) is 23.5 Å². The van der Waals surface area contributed by atoms with E-state index in [2.05, 4.69) is 4.74 Å². The number of carbonyl (C=O) groups is 2. The molecule has 0 aliphatic heterocycles. The Balaban J connectivity index is 3.06. The van der Waals surface area contributed by atoms with Crippen LogP contribution in [0, 0.1) is 5.41 Å². The van der Waals surface area contributed by atoms with Crippen LogP contribution < -0.4 is 5.73 Å². The van der Waals surface area contributed by atoms with E-state index in [0.717, 1.165) is 25.7 Å². The number of hydrogen-bond donors (Lipinski definition) is 1. The van der Waals surface area contributed by atoms with Crippen LogP contribution >= 0.6 is 12.2 Å². The zero-order chi connectivity index (χ0) is 16.0. The van der Waals surface area contributed by atoms with Crippen LogP contribution in [0.3, 0.4) is 0 Å². The van der Waals surface area contributed by atoms with Crippen LogP contribution in [0.15, 0.2) is 0 Å². The van der Waals surface area contributed by atoms with E-state index in [4.69, 9.17) is 18.0 Å². The standard InChI is InChI=1S/C15H26N2O3S/c1-11(2)17(10-12(18)20-3)14(19)15(13(16)21)8-6-4-5-7-9-15/h11H,4-10H2,1-3H3,(H2,16,21). The van der Waals surface area contributed by atoms with Gasteiger partial charge in [0.2, 0.25) is 5.91 Å². The molecular weight excluding hydrogens is 288 g/mol. The summed E-state index contributed by atoms with van der Waals surface area (Å²) >= 11 is 5.23. The Morgan fingerprint density at radius 3 is 2.14 bits per heavy atom. The molecule has 0 unspecified atom stereocenters. The first-order valence-electron chi connectivity index (χ1n) is 7.53. The molecule has 0 aromatic carbocycles. The van der Waals surface area contributed by atoms with Crippen molar-refractivity contribution in [3.05, 3.63) is 0 Å². The van der Waals surface area contributed by atoms with Crippen molar-refractivity contribution in [2.24, 2.45) is 11.1 Å². The van der Waals surface area contributed by atoms with Gasteiger partial charge in [0, 0.05) is 6.04 Å². The smallest absolute Gasteiger partial charge is 0.325 e. The van der Waals surface area contributed by atoms with Crippen molar-refractivity contribution in [1.82, 2.24) is 4.90 Å². The molecule has 0 heterocycles. The summed E-state index contributed by atoms with van der Waals surface area (Å²) in [4.78, 5) is 26.4. The molecule has 1 saturated carbocycles. The van der Waals surface area contributed by atoms with E-state index in [0.29, 0.717) is 12.8 Å². The summed E-state index contributed by atoms with van der Waals surface area (Å²) in [7, 11) is 1.32. The van der Waals surface area contributed by atoms with E-state index >= 15 is 0 Å². The molecule has 1 aliphatic rings. The molecule has 21 heavy (non-hydrogen) atoms. The van der Waals surface area contributed by atoms with E-state index in [9.17, 15) is 9.59 Å². The third kappa shape index (κ3) is 4.15. The second-order valence-electron chi connectivity index (χ2n) is 5.96. The highest BCUT2D eigenvalue weighted by Gasteiger charge is 2.44. The predicted molar refractivity (Wildman–Crippen MR) is 85.8 cm³/mol. The van der Waals surface area contributed by atoms with Crippen molar-refractivity contribution in [2.75, 3.05) is 13.7 Å². The van der Waals surface area contributed by atoms with E-state index in [1.807, 2.05) is 13.8 Å². The minimum atomic E-state index is -0.801. The van der Waals surface area contributed by atoms with Crippen molar-refractivity contribution in [1.29, 1.82) is 0 Å². The average molecular weight is 314 g/mol. The number of hydrogen-bond acceptors (Lipinski definition) is 4. The van der Waals surface area contributed by atoms with Crippen molar-refractivity contribution in [2.45, 2.75) is 58.4 Å². The van der Waals surface area contributed by atoms with Gasteiger partial charge in [-0.3, -0.25) is 9.59 Å². The van der Waals surface area contributed by atoms with Gasteiger partial charge in [-0.15, -0.1) is 0 Å². The highest BCUT2D eigenvalue weighted by Crippen LogP contribution is 2.37. The fourth-order valence-corrected chi connectivity index (χ4v) is 3.16. The van der Waals surface area contributed by atoms with Crippen LogP contribution in [0.5, 0.6) is 0 Å². The highest BCUT2D eigenvalue weighted by atomic mass is 32.1. The number of nitrogens with zero attached hydrogens (tertiary/aromatic N) is 1. The maximum Gasteiger partial charge on any atom is 0.325 e. The Morgan fingerprint density at radius 2 is 1.76 bits per heavy atom. The summed E-state index contributed by atoms with van der Waals surface area (Å²) < 4.78 is 4.69. The van der Waals surface area contributed by atoms with Gasteiger partial charge in [-0.1, -0.05) is 37.9 Å². The lowest BCUT2D eigenvalue weighted by Gasteiger charge is -2.37. The number of esters is 1. The Labute approximate surface area is 132 Å². The molecule has 5 nitrogen and oxygen atoms in total. The number of rotatable bonds is 5. The molecule has 0 saturated heterocycles. The third-order valence-electron chi connectivity index (χ3n) is 4.25. The zero-order valence-corrected chi connectivity index (χ0v) is 14.0. The summed E-state index contributed by atoms with van der Waals surface area (Å²) in [6, 6.07) is -0.105. The lowest BCUT2D eigenvalue weighted by atomic mass is 9.78. The topological polar surface area (TPSA) is 72.6 Å². The Kier molecular flexibility index (Phi) is 6.58. The SMILES string of the molecule is COC(=O)CN(C(=O)C1(C(N)=S)CCCCCC1)C(C)C. The summed E-state index contributed by atoms with van der Waals surface area (Å²) in [5, 5.41) is 0. The minimum Gasteiger partial charge on any atom is -0.468 e. The van der Waals surface area contributed by atoms with Crippen LogP contribution in [0.25, 0.3) is 0 Å². The Morgan fingerprint density at radius 1 is 1.24 bits per heavy atom. The van der Waals surface area contributed by atoms with Crippen molar-refractivity contribution >= 4 is 29.1 Å². The Bertz CT molecular complexity index is 402. The molecule has 0 atom stereocenters. The molecule has 0 spiro atoms. The third-order valence-corrected chi connectivity index (χ3v) is 4.64. The van der Waals surface area contributed by atoms with Gasteiger partial charge < -0.3 is 15.4 Å². The van der Waals surface area contributed by atoms with E-state index in [1.165, 1.54) is 12.0 Å². The number of carbonyl (C=O) groups excluding carboxylic acids is 2. The number of methoxy groups -OCH3 is 1. The van der Waals surface area contributed by atoms with Crippen LogP contribution in [-0.2, 0) is 14.3 Å². The lowest BCUT2D eigenvalue weighted by Crippen LogP contribution is -2.53. The maximum atomic E-state index is 13.1. The summed E-state index contributed by atoms with van der Waals surface area (Å²) in [6.07, 6.45) is 5.41.